The minimum atomic E-state index is 0.761. The first-order valence-corrected chi connectivity index (χ1v) is 6.12. The summed E-state index contributed by atoms with van der Waals surface area (Å²) in [4.78, 5) is 10.9. The first kappa shape index (κ1) is 11.4. The summed E-state index contributed by atoms with van der Waals surface area (Å²) >= 11 is 2.31. The van der Waals surface area contributed by atoms with Gasteiger partial charge < -0.3 is 4.57 Å². The molecule has 82 valence electrons. The summed E-state index contributed by atoms with van der Waals surface area (Å²) in [7, 11) is 0. The Kier molecular flexibility index (Phi) is 3.14. The maximum absolute atomic E-state index is 10.9. The number of para-hydroxylation sites is 1. The number of hydrogen-bond acceptors (Lipinski definition) is 1. The predicted octanol–water partition coefficient (Wildman–Crippen LogP) is 3.51. The molecule has 1 heterocycles. The normalized spacial score (nSPS) is 10.4. The summed E-state index contributed by atoms with van der Waals surface area (Å²) < 4.78 is 3.30. The van der Waals surface area contributed by atoms with E-state index in [9.17, 15) is 4.79 Å². The molecule has 0 aliphatic heterocycles. The molecule has 0 saturated carbocycles. The molecule has 16 heavy (non-hydrogen) atoms. The van der Waals surface area contributed by atoms with Crippen molar-refractivity contribution in [3.8, 4) is 5.69 Å². The molecule has 0 atom stereocenters. The van der Waals surface area contributed by atoms with E-state index in [2.05, 4.69) is 39.3 Å². The molecule has 2 rings (SSSR count). The van der Waals surface area contributed by atoms with Crippen LogP contribution < -0.4 is 0 Å². The van der Waals surface area contributed by atoms with E-state index < -0.39 is 0 Å². The van der Waals surface area contributed by atoms with Crippen molar-refractivity contribution in [2.45, 2.75) is 13.8 Å². The van der Waals surface area contributed by atoms with Gasteiger partial charge in [-0.25, -0.2) is 0 Å². The van der Waals surface area contributed by atoms with Gasteiger partial charge in [-0.2, -0.15) is 0 Å². The molecular formula is C13H12INO. The molecular weight excluding hydrogens is 313 g/mol. The lowest BCUT2D eigenvalue weighted by molar-refractivity contribution is 0.112. The monoisotopic (exact) mass is 325 g/mol. The molecule has 0 fully saturated rings. The highest BCUT2D eigenvalue weighted by Gasteiger charge is 2.11. The lowest BCUT2D eigenvalue weighted by Crippen LogP contribution is -2.01. The Labute approximate surface area is 108 Å². The maximum atomic E-state index is 10.9. The van der Waals surface area contributed by atoms with Crippen LogP contribution in [0, 0.1) is 17.4 Å². The number of aryl methyl sites for hydroxylation is 1. The lowest BCUT2D eigenvalue weighted by atomic mass is 10.2. The summed E-state index contributed by atoms with van der Waals surface area (Å²) in [5.74, 6) is 0. The zero-order valence-electron chi connectivity index (χ0n) is 9.20. The van der Waals surface area contributed by atoms with Gasteiger partial charge in [-0.05, 0) is 54.6 Å². The second-order valence-electron chi connectivity index (χ2n) is 3.73. The number of carbonyl (C=O) groups is 1. The topological polar surface area (TPSA) is 22.0 Å². The van der Waals surface area contributed by atoms with Gasteiger partial charge in [-0.15, -0.1) is 0 Å². The Morgan fingerprint density at radius 3 is 2.50 bits per heavy atom. The number of rotatable bonds is 2. The average Bonchev–Trinajstić information content (AvgIpc) is 2.55. The van der Waals surface area contributed by atoms with Crippen molar-refractivity contribution < 1.29 is 4.79 Å². The third kappa shape index (κ3) is 1.80. The average molecular weight is 325 g/mol. The molecule has 1 aromatic heterocycles. The Hall–Kier alpha value is -1.10. The van der Waals surface area contributed by atoms with Gasteiger partial charge in [0, 0.05) is 20.5 Å². The van der Waals surface area contributed by atoms with Crippen LogP contribution in [-0.4, -0.2) is 10.9 Å². The second-order valence-corrected chi connectivity index (χ2v) is 4.89. The molecule has 0 aliphatic carbocycles. The van der Waals surface area contributed by atoms with Crippen LogP contribution in [-0.2, 0) is 0 Å². The Morgan fingerprint density at radius 2 is 1.94 bits per heavy atom. The van der Waals surface area contributed by atoms with E-state index in [1.54, 1.807) is 0 Å². The van der Waals surface area contributed by atoms with Crippen LogP contribution in [0.5, 0.6) is 0 Å². The molecule has 3 heteroatoms. The number of nitrogens with zero attached hydrogens (tertiary/aromatic N) is 1. The zero-order chi connectivity index (χ0) is 11.7. The highest BCUT2D eigenvalue weighted by Crippen LogP contribution is 2.23. The zero-order valence-corrected chi connectivity index (χ0v) is 11.4. The molecule has 2 aromatic rings. The Morgan fingerprint density at radius 1 is 1.25 bits per heavy atom. The van der Waals surface area contributed by atoms with Gasteiger partial charge in [0.15, 0.2) is 6.29 Å². The lowest BCUT2D eigenvalue weighted by Gasteiger charge is -2.11. The number of hydrogen-bond donors (Lipinski definition) is 0. The fraction of sp³-hybridized carbons (Fsp3) is 0.154. The van der Waals surface area contributed by atoms with Gasteiger partial charge in [0.25, 0.3) is 0 Å². The van der Waals surface area contributed by atoms with Crippen molar-refractivity contribution in [1.29, 1.82) is 0 Å². The first-order valence-electron chi connectivity index (χ1n) is 5.04. The first-order chi connectivity index (χ1) is 7.65. The summed E-state index contributed by atoms with van der Waals surface area (Å²) in [6, 6.07) is 10.1. The van der Waals surface area contributed by atoms with Crippen LogP contribution in [0.15, 0.2) is 30.3 Å². The van der Waals surface area contributed by atoms with Crippen molar-refractivity contribution in [3.05, 3.63) is 50.9 Å². The van der Waals surface area contributed by atoms with E-state index in [1.807, 2.05) is 32.0 Å². The van der Waals surface area contributed by atoms with Crippen molar-refractivity contribution in [3.63, 3.8) is 0 Å². The second kappa shape index (κ2) is 4.41. The minimum absolute atomic E-state index is 0.761. The molecule has 0 unspecified atom stereocenters. The molecule has 0 bridgehead atoms. The molecule has 2 nitrogen and oxygen atoms in total. The molecule has 0 N–H and O–H groups in total. The third-order valence-corrected chi connectivity index (χ3v) is 3.60. The molecule has 0 radical (unpaired) electrons. The van der Waals surface area contributed by atoms with Gasteiger partial charge in [-0.1, -0.05) is 12.1 Å². The van der Waals surface area contributed by atoms with Gasteiger partial charge in [0.1, 0.15) is 0 Å². The van der Waals surface area contributed by atoms with Gasteiger partial charge in [0.2, 0.25) is 0 Å². The molecule has 0 amide bonds. The molecule has 0 saturated heterocycles. The Bertz CT molecular complexity index is 543. The number of benzene rings is 1. The van der Waals surface area contributed by atoms with Crippen molar-refractivity contribution in [1.82, 2.24) is 4.57 Å². The van der Waals surface area contributed by atoms with Crippen molar-refractivity contribution >= 4 is 28.9 Å². The highest BCUT2D eigenvalue weighted by atomic mass is 127. The SMILES string of the molecule is Cc1cc(C=O)c(C)n1-c1ccccc1I. The molecule has 1 aromatic carbocycles. The van der Waals surface area contributed by atoms with Gasteiger partial charge >= 0.3 is 0 Å². The largest absolute Gasteiger partial charge is 0.317 e. The van der Waals surface area contributed by atoms with Crippen molar-refractivity contribution in [2.24, 2.45) is 0 Å². The summed E-state index contributed by atoms with van der Waals surface area (Å²) in [6.45, 7) is 3.99. The number of aromatic nitrogens is 1. The van der Waals surface area contributed by atoms with Crippen LogP contribution in [0.25, 0.3) is 5.69 Å². The summed E-state index contributed by atoms with van der Waals surface area (Å²) in [5.41, 5.74) is 3.98. The summed E-state index contributed by atoms with van der Waals surface area (Å²) in [6.07, 6.45) is 0.911. The minimum Gasteiger partial charge on any atom is -0.317 e. The van der Waals surface area contributed by atoms with Crippen LogP contribution in [0.3, 0.4) is 0 Å². The maximum Gasteiger partial charge on any atom is 0.151 e. The van der Waals surface area contributed by atoms with Gasteiger partial charge in [-0.3, -0.25) is 4.79 Å². The van der Waals surface area contributed by atoms with Gasteiger partial charge in [0.05, 0.1) is 5.69 Å². The molecule has 0 spiro atoms. The number of aldehydes is 1. The number of halogens is 1. The van der Waals surface area contributed by atoms with E-state index in [1.165, 1.54) is 3.57 Å². The predicted molar refractivity (Wildman–Crippen MR) is 73.3 cm³/mol. The van der Waals surface area contributed by atoms with Crippen LogP contribution >= 0.6 is 22.6 Å². The van der Waals surface area contributed by atoms with Crippen LogP contribution in [0.1, 0.15) is 21.7 Å². The van der Waals surface area contributed by atoms with E-state index >= 15 is 0 Å². The van der Waals surface area contributed by atoms with E-state index in [0.29, 0.717) is 0 Å². The third-order valence-electron chi connectivity index (χ3n) is 2.69. The van der Waals surface area contributed by atoms with E-state index in [4.69, 9.17) is 0 Å². The standard InChI is InChI=1S/C13H12INO/c1-9-7-11(8-16)10(2)15(9)13-6-4-3-5-12(13)14/h3-8H,1-2H3. The molecule has 0 aliphatic rings. The van der Waals surface area contributed by atoms with Crippen LogP contribution in [0.2, 0.25) is 0 Å². The highest BCUT2D eigenvalue weighted by molar-refractivity contribution is 14.1. The summed E-state index contributed by atoms with van der Waals surface area (Å²) in [5, 5.41) is 0. The van der Waals surface area contributed by atoms with Crippen LogP contribution in [0.4, 0.5) is 0 Å². The smallest absolute Gasteiger partial charge is 0.151 e. The quantitative estimate of drug-likeness (QED) is 0.612. The fourth-order valence-electron chi connectivity index (χ4n) is 1.91. The van der Waals surface area contributed by atoms with E-state index in [0.717, 1.165) is 28.9 Å². The van der Waals surface area contributed by atoms with Crippen molar-refractivity contribution in [2.75, 3.05) is 0 Å². The van der Waals surface area contributed by atoms with E-state index in [-0.39, 0.29) is 0 Å². The Balaban J connectivity index is 2.69. The number of carbonyl (C=O) groups excluding carboxylic acids is 1. The fourth-order valence-corrected chi connectivity index (χ4v) is 2.54.